The smallest absolute Gasteiger partial charge is 0.0596 e. The van der Waals surface area contributed by atoms with Crippen LogP contribution in [0, 0.1) is 6.92 Å². The van der Waals surface area contributed by atoms with Crippen molar-refractivity contribution in [3.63, 3.8) is 0 Å². The van der Waals surface area contributed by atoms with Crippen LogP contribution >= 0.6 is 27.5 Å². The Kier molecular flexibility index (Phi) is 4.57. The third-order valence-corrected chi connectivity index (χ3v) is 4.19. The zero-order chi connectivity index (χ0) is 14.9. The molecular formula is C15H19BrClN3. The lowest BCUT2D eigenvalue weighted by atomic mass is 9.88. The molecule has 1 unspecified atom stereocenters. The normalized spacial score (nSPS) is 14.3. The molecule has 0 saturated carbocycles. The standard InChI is InChI=1S/C15H19BrClN3/c1-4-20-12(7-10(2)19-20)9-15(3,18)13-6-5-11(16)8-14(13)17/h5-8H,4,9,18H2,1-3H3. The lowest BCUT2D eigenvalue weighted by Crippen LogP contribution is -2.36. The third-order valence-electron chi connectivity index (χ3n) is 3.38. The second-order valence-corrected chi connectivity index (χ2v) is 6.63. The summed E-state index contributed by atoms with van der Waals surface area (Å²) in [5.74, 6) is 0. The van der Waals surface area contributed by atoms with Gasteiger partial charge in [0.05, 0.1) is 5.69 Å². The van der Waals surface area contributed by atoms with E-state index in [9.17, 15) is 0 Å². The van der Waals surface area contributed by atoms with Crippen molar-refractivity contribution in [2.75, 3.05) is 0 Å². The van der Waals surface area contributed by atoms with Gasteiger partial charge in [-0.3, -0.25) is 4.68 Å². The Balaban J connectivity index is 2.34. The van der Waals surface area contributed by atoms with Gasteiger partial charge < -0.3 is 5.73 Å². The van der Waals surface area contributed by atoms with Crippen molar-refractivity contribution in [1.82, 2.24) is 9.78 Å². The highest BCUT2D eigenvalue weighted by molar-refractivity contribution is 9.10. The largest absolute Gasteiger partial charge is 0.321 e. The highest BCUT2D eigenvalue weighted by Crippen LogP contribution is 2.31. The van der Waals surface area contributed by atoms with Crippen molar-refractivity contribution in [2.45, 2.75) is 39.3 Å². The predicted octanol–water partition coefficient (Wildman–Crippen LogP) is 4.04. The molecule has 0 spiro atoms. The molecule has 0 fully saturated rings. The van der Waals surface area contributed by atoms with E-state index in [1.807, 2.05) is 36.7 Å². The summed E-state index contributed by atoms with van der Waals surface area (Å²) in [5.41, 5.74) is 9.08. The summed E-state index contributed by atoms with van der Waals surface area (Å²) in [6, 6.07) is 7.91. The summed E-state index contributed by atoms with van der Waals surface area (Å²) in [7, 11) is 0. The van der Waals surface area contributed by atoms with E-state index in [1.165, 1.54) is 0 Å². The van der Waals surface area contributed by atoms with Gasteiger partial charge in [0.1, 0.15) is 0 Å². The number of nitrogens with two attached hydrogens (primary N) is 1. The monoisotopic (exact) mass is 355 g/mol. The van der Waals surface area contributed by atoms with Gasteiger partial charge in [-0.2, -0.15) is 5.10 Å². The Labute approximate surface area is 133 Å². The highest BCUT2D eigenvalue weighted by Gasteiger charge is 2.26. The number of aryl methyl sites for hydroxylation is 2. The van der Waals surface area contributed by atoms with Crippen LogP contribution in [0.25, 0.3) is 0 Å². The number of hydrogen-bond donors (Lipinski definition) is 1. The fraction of sp³-hybridized carbons (Fsp3) is 0.400. The van der Waals surface area contributed by atoms with Crippen molar-refractivity contribution in [3.05, 3.63) is 50.7 Å². The van der Waals surface area contributed by atoms with Crippen LogP contribution in [0.2, 0.25) is 5.02 Å². The van der Waals surface area contributed by atoms with E-state index in [1.54, 1.807) is 0 Å². The number of hydrogen-bond acceptors (Lipinski definition) is 2. The minimum atomic E-state index is -0.531. The van der Waals surface area contributed by atoms with Gasteiger partial charge in [0, 0.05) is 33.7 Å². The van der Waals surface area contributed by atoms with Gasteiger partial charge in [0.25, 0.3) is 0 Å². The summed E-state index contributed by atoms with van der Waals surface area (Å²) < 4.78 is 2.95. The van der Waals surface area contributed by atoms with Gasteiger partial charge in [0.2, 0.25) is 0 Å². The molecule has 0 aliphatic carbocycles. The third kappa shape index (κ3) is 3.25. The van der Waals surface area contributed by atoms with Crippen molar-refractivity contribution >= 4 is 27.5 Å². The van der Waals surface area contributed by atoms with Gasteiger partial charge in [-0.15, -0.1) is 0 Å². The quantitative estimate of drug-likeness (QED) is 0.898. The van der Waals surface area contributed by atoms with Gasteiger partial charge in [0.15, 0.2) is 0 Å². The maximum Gasteiger partial charge on any atom is 0.0596 e. The molecule has 108 valence electrons. The summed E-state index contributed by atoms with van der Waals surface area (Å²) in [5, 5.41) is 5.15. The first-order valence-electron chi connectivity index (χ1n) is 6.61. The fourth-order valence-electron chi connectivity index (χ4n) is 2.44. The Morgan fingerprint density at radius 3 is 2.70 bits per heavy atom. The van der Waals surface area contributed by atoms with E-state index in [0.29, 0.717) is 11.4 Å². The van der Waals surface area contributed by atoms with E-state index in [0.717, 1.165) is 28.0 Å². The van der Waals surface area contributed by atoms with Crippen LogP contribution < -0.4 is 5.73 Å². The lowest BCUT2D eigenvalue weighted by molar-refractivity contribution is 0.464. The Bertz CT molecular complexity index is 620. The molecule has 0 saturated heterocycles. The number of nitrogens with zero attached hydrogens (tertiary/aromatic N) is 2. The van der Waals surface area contributed by atoms with Crippen LogP contribution in [0.3, 0.4) is 0 Å². The van der Waals surface area contributed by atoms with E-state index in [2.05, 4.69) is 34.0 Å². The molecule has 1 atom stereocenters. The van der Waals surface area contributed by atoms with E-state index in [4.69, 9.17) is 17.3 Å². The first-order chi connectivity index (χ1) is 9.33. The van der Waals surface area contributed by atoms with Gasteiger partial charge in [-0.05, 0) is 44.5 Å². The van der Waals surface area contributed by atoms with Crippen LogP contribution in [0.4, 0.5) is 0 Å². The second-order valence-electron chi connectivity index (χ2n) is 5.31. The molecule has 2 rings (SSSR count). The molecule has 0 bridgehead atoms. The molecule has 0 aliphatic heterocycles. The van der Waals surface area contributed by atoms with Gasteiger partial charge in [-0.25, -0.2) is 0 Å². The first kappa shape index (κ1) is 15.5. The average molecular weight is 357 g/mol. The summed E-state index contributed by atoms with van der Waals surface area (Å²) >= 11 is 9.74. The average Bonchev–Trinajstić information content (AvgIpc) is 2.67. The summed E-state index contributed by atoms with van der Waals surface area (Å²) in [4.78, 5) is 0. The van der Waals surface area contributed by atoms with Crippen molar-refractivity contribution in [2.24, 2.45) is 5.73 Å². The van der Waals surface area contributed by atoms with Crippen LogP contribution in [0.5, 0.6) is 0 Å². The number of aromatic nitrogens is 2. The van der Waals surface area contributed by atoms with Crippen molar-refractivity contribution in [1.29, 1.82) is 0 Å². The number of rotatable bonds is 4. The molecule has 2 aromatic rings. The molecule has 2 N–H and O–H groups in total. The summed E-state index contributed by atoms with van der Waals surface area (Å²) in [6.45, 7) is 6.92. The van der Waals surface area contributed by atoms with Crippen LogP contribution in [-0.4, -0.2) is 9.78 Å². The van der Waals surface area contributed by atoms with Gasteiger partial charge in [-0.1, -0.05) is 33.6 Å². The molecular weight excluding hydrogens is 338 g/mol. The zero-order valence-corrected chi connectivity index (χ0v) is 14.3. The minimum Gasteiger partial charge on any atom is -0.321 e. The molecule has 1 aromatic carbocycles. The Hall–Kier alpha value is -0.840. The van der Waals surface area contributed by atoms with Crippen LogP contribution in [0.15, 0.2) is 28.7 Å². The predicted molar refractivity (Wildman–Crippen MR) is 87.0 cm³/mol. The second kappa shape index (κ2) is 5.88. The molecule has 0 amide bonds. The highest BCUT2D eigenvalue weighted by atomic mass is 79.9. The van der Waals surface area contributed by atoms with Gasteiger partial charge >= 0.3 is 0 Å². The minimum absolute atomic E-state index is 0.531. The molecule has 0 aliphatic rings. The number of halogens is 2. The Morgan fingerprint density at radius 2 is 2.10 bits per heavy atom. The SMILES string of the molecule is CCn1nc(C)cc1CC(C)(N)c1ccc(Br)cc1Cl. The van der Waals surface area contributed by atoms with E-state index in [-0.39, 0.29) is 0 Å². The van der Waals surface area contributed by atoms with Crippen LogP contribution in [-0.2, 0) is 18.5 Å². The zero-order valence-electron chi connectivity index (χ0n) is 12.0. The number of benzene rings is 1. The maximum absolute atomic E-state index is 6.51. The van der Waals surface area contributed by atoms with Crippen LogP contribution in [0.1, 0.15) is 30.8 Å². The molecule has 1 heterocycles. The fourth-order valence-corrected chi connectivity index (χ4v) is 3.33. The van der Waals surface area contributed by atoms with Crippen molar-refractivity contribution in [3.8, 4) is 0 Å². The van der Waals surface area contributed by atoms with E-state index < -0.39 is 5.54 Å². The molecule has 1 aromatic heterocycles. The van der Waals surface area contributed by atoms with E-state index >= 15 is 0 Å². The molecule has 0 radical (unpaired) electrons. The summed E-state index contributed by atoms with van der Waals surface area (Å²) in [6.07, 6.45) is 0.697. The van der Waals surface area contributed by atoms with Crippen molar-refractivity contribution < 1.29 is 0 Å². The topological polar surface area (TPSA) is 43.8 Å². The maximum atomic E-state index is 6.51. The molecule has 3 nitrogen and oxygen atoms in total. The Morgan fingerprint density at radius 1 is 1.40 bits per heavy atom. The lowest BCUT2D eigenvalue weighted by Gasteiger charge is -2.26. The molecule has 5 heteroatoms. The first-order valence-corrected chi connectivity index (χ1v) is 7.78. The molecule has 20 heavy (non-hydrogen) atoms.